The van der Waals surface area contributed by atoms with Gasteiger partial charge in [-0.1, -0.05) is 60.7 Å². The highest BCUT2D eigenvalue weighted by Crippen LogP contribution is 2.32. The van der Waals surface area contributed by atoms with Gasteiger partial charge < -0.3 is 9.64 Å². The van der Waals surface area contributed by atoms with E-state index in [2.05, 4.69) is 0 Å². The van der Waals surface area contributed by atoms with Gasteiger partial charge in [-0.25, -0.2) is 9.69 Å². The number of nitrogens with zero attached hydrogens (tertiary/aromatic N) is 2. The summed E-state index contributed by atoms with van der Waals surface area (Å²) in [7, 11) is 1.28. The fourth-order valence-corrected chi connectivity index (χ4v) is 4.38. The summed E-state index contributed by atoms with van der Waals surface area (Å²) in [5.41, 5.74) is 2.35. The fourth-order valence-electron chi connectivity index (χ4n) is 4.38. The number of ether oxygens (including phenoxy) is 1. The Morgan fingerprint density at radius 1 is 0.943 bits per heavy atom. The first kappa shape index (κ1) is 23.9. The van der Waals surface area contributed by atoms with Crippen LogP contribution in [0.25, 0.3) is 0 Å². The number of hydrogen-bond acceptors (Lipinski definition) is 5. The van der Waals surface area contributed by atoms with Crippen molar-refractivity contribution in [2.75, 3.05) is 12.0 Å². The van der Waals surface area contributed by atoms with E-state index in [4.69, 9.17) is 4.74 Å². The van der Waals surface area contributed by atoms with Crippen molar-refractivity contribution in [3.8, 4) is 0 Å². The van der Waals surface area contributed by atoms with Crippen molar-refractivity contribution in [2.45, 2.75) is 31.8 Å². The number of carbonyl (C=O) groups is 4. The van der Waals surface area contributed by atoms with E-state index in [1.54, 1.807) is 0 Å². The molecule has 1 aliphatic heterocycles. The Kier molecular flexibility index (Phi) is 7.06. The molecule has 0 aliphatic carbocycles. The molecule has 0 saturated carbocycles. The second-order valence-electron chi connectivity index (χ2n) is 8.38. The maximum Gasteiger partial charge on any atom is 0.337 e. The Balaban J connectivity index is 1.65. The third kappa shape index (κ3) is 4.99. The normalized spacial score (nSPS) is 16.2. The molecule has 3 aromatic rings. The van der Waals surface area contributed by atoms with Crippen LogP contribution in [0, 0.1) is 0 Å². The first-order chi connectivity index (χ1) is 16.9. The zero-order valence-corrected chi connectivity index (χ0v) is 19.6. The van der Waals surface area contributed by atoms with Crippen LogP contribution in [0.4, 0.5) is 5.69 Å². The molecule has 35 heavy (non-hydrogen) atoms. The minimum absolute atomic E-state index is 0.115. The molecule has 1 fully saturated rings. The molecular weight excluding hydrogens is 444 g/mol. The van der Waals surface area contributed by atoms with Gasteiger partial charge >= 0.3 is 5.97 Å². The van der Waals surface area contributed by atoms with Crippen LogP contribution in [0.5, 0.6) is 0 Å². The molecule has 3 amide bonds. The van der Waals surface area contributed by atoms with Gasteiger partial charge in [0.15, 0.2) is 0 Å². The summed E-state index contributed by atoms with van der Waals surface area (Å²) < 4.78 is 4.71. The van der Waals surface area contributed by atoms with E-state index in [9.17, 15) is 19.2 Å². The molecule has 3 aromatic carbocycles. The lowest BCUT2D eigenvalue weighted by Gasteiger charge is -2.34. The number of carbonyl (C=O) groups excluding carboxylic acids is 4. The molecule has 0 spiro atoms. The Morgan fingerprint density at radius 3 is 2.14 bits per heavy atom. The topological polar surface area (TPSA) is 84.0 Å². The van der Waals surface area contributed by atoms with E-state index in [1.165, 1.54) is 36.3 Å². The van der Waals surface area contributed by atoms with Crippen molar-refractivity contribution >= 4 is 29.4 Å². The van der Waals surface area contributed by atoms with Gasteiger partial charge in [0.2, 0.25) is 11.8 Å². The summed E-state index contributed by atoms with van der Waals surface area (Å²) in [4.78, 5) is 54.5. The molecule has 1 aliphatic rings. The Labute approximate surface area is 203 Å². The molecule has 1 heterocycles. The predicted molar refractivity (Wildman–Crippen MR) is 131 cm³/mol. The monoisotopic (exact) mass is 470 g/mol. The Morgan fingerprint density at radius 2 is 1.54 bits per heavy atom. The largest absolute Gasteiger partial charge is 0.465 e. The van der Waals surface area contributed by atoms with Gasteiger partial charge in [-0.15, -0.1) is 0 Å². The van der Waals surface area contributed by atoms with E-state index in [1.807, 2.05) is 67.6 Å². The van der Waals surface area contributed by atoms with Crippen LogP contribution < -0.4 is 4.90 Å². The summed E-state index contributed by atoms with van der Waals surface area (Å²) >= 11 is 0. The van der Waals surface area contributed by atoms with Crippen LogP contribution in [-0.2, 0) is 25.5 Å². The summed E-state index contributed by atoms with van der Waals surface area (Å²) in [6.07, 6.45) is -0.000893. The molecule has 0 N–H and O–H groups in total. The number of imide groups is 1. The highest BCUT2D eigenvalue weighted by Gasteiger charge is 2.45. The van der Waals surface area contributed by atoms with Crippen LogP contribution in [0.1, 0.15) is 40.9 Å². The standard InChI is InChI=1S/C28H26N2O5/c1-19(21-11-7-4-8-12-21)29(25(31)17-20-9-5-3-6-10-20)24-18-26(32)30(27(24)33)23-15-13-22(14-16-23)28(34)35-2/h3-16,19,24H,17-18H2,1-2H3. The molecule has 0 bridgehead atoms. The Hall–Kier alpha value is -4.26. The minimum Gasteiger partial charge on any atom is -0.465 e. The lowest BCUT2D eigenvalue weighted by Crippen LogP contribution is -2.47. The summed E-state index contributed by atoms with van der Waals surface area (Å²) in [6, 6.07) is 23.5. The summed E-state index contributed by atoms with van der Waals surface area (Å²) in [6.45, 7) is 1.86. The molecule has 178 valence electrons. The number of hydrogen-bond donors (Lipinski definition) is 0. The third-order valence-electron chi connectivity index (χ3n) is 6.19. The number of amides is 3. The average Bonchev–Trinajstić information content (AvgIpc) is 3.18. The van der Waals surface area contributed by atoms with Crippen LogP contribution in [0.3, 0.4) is 0 Å². The van der Waals surface area contributed by atoms with Gasteiger partial charge in [-0.05, 0) is 42.3 Å². The van der Waals surface area contributed by atoms with Gasteiger partial charge in [0.1, 0.15) is 6.04 Å². The highest BCUT2D eigenvalue weighted by atomic mass is 16.5. The van der Waals surface area contributed by atoms with E-state index in [0.29, 0.717) is 11.3 Å². The second kappa shape index (κ2) is 10.3. The fraction of sp³-hybridized carbons (Fsp3) is 0.214. The van der Waals surface area contributed by atoms with Crippen molar-refractivity contribution < 1.29 is 23.9 Å². The summed E-state index contributed by atoms with van der Waals surface area (Å²) in [5.74, 6) is -1.61. The lowest BCUT2D eigenvalue weighted by atomic mass is 10.0. The quantitative estimate of drug-likeness (QED) is 0.386. The third-order valence-corrected chi connectivity index (χ3v) is 6.19. The molecule has 7 heteroatoms. The number of esters is 1. The maximum absolute atomic E-state index is 13.6. The minimum atomic E-state index is -0.936. The van der Waals surface area contributed by atoms with Gasteiger partial charge in [-0.2, -0.15) is 0 Å². The summed E-state index contributed by atoms with van der Waals surface area (Å²) in [5, 5.41) is 0. The molecule has 4 rings (SSSR count). The number of benzene rings is 3. The van der Waals surface area contributed by atoms with E-state index >= 15 is 0 Å². The van der Waals surface area contributed by atoms with Crippen molar-refractivity contribution in [3.05, 3.63) is 102 Å². The van der Waals surface area contributed by atoms with Gasteiger partial charge in [0, 0.05) is 0 Å². The predicted octanol–water partition coefficient (Wildman–Crippen LogP) is 3.94. The smallest absolute Gasteiger partial charge is 0.337 e. The molecule has 2 unspecified atom stereocenters. The SMILES string of the molecule is COC(=O)c1ccc(N2C(=O)CC(N(C(=O)Cc3ccccc3)C(C)c3ccccc3)C2=O)cc1. The molecular formula is C28H26N2O5. The van der Waals surface area contributed by atoms with Crippen molar-refractivity contribution in [2.24, 2.45) is 0 Å². The average molecular weight is 471 g/mol. The first-order valence-electron chi connectivity index (χ1n) is 11.4. The lowest BCUT2D eigenvalue weighted by molar-refractivity contribution is -0.140. The second-order valence-corrected chi connectivity index (χ2v) is 8.38. The zero-order valence-electron chi connectivity index (χ0n) is 19.6. The van der Waals surface area contributed by atoms with Gasteiger partial charge in [0.05, 0.1) is 37.2 Å². The first-order valence-corrected chi connectivity index (χ1v) is 11.4. The van der Waals surface area contributed by atoms with Crippen LogP contribution in [0.2, 0.25) is 0 Å². The molecule has 2 atom stereocenters. The Bertz CT molecular complexity index is 1230. The van der Waals surface area contributed by atoms with E-state index < -0.39 is 29.9 Å². The number of anilines is 1. The molecule has 7 nitrogen and oxygen atoms in total. The number of methoxy groups -OCH3 is 1. The van der Waals surface area contributed by atoms with E-state index in [-0.39, 0.29) is 18.7 Å². The van der Waals surface area contributed by atoms with Crippen molar-refractivity contribution in [1.82, 2.24) is 4.90 Å². The number of rotatable bonds is 7. The highest BCUT2D eigenvalue weighted by molar-refractivity contribution is 6.23. The molecule has 0 radical (unpaired) electrons. The van der Waals surface area contributed by atoms with Gasteiger partial charge in [0.25, 0.3) is 5.91 Å². The van der Waals surface area contributed by atoms with Gasteiger partial charge in [-0.3, -0.25) is 14.4 Å². The zero-order chi connectivity index (χ0) is 24.9. The van der Waals surface area contributed by atoms with Crippen molar-refractivity contribution in [3.63, 3.8) is 0 Å². The van der Waals surface area contributed by atoms with Crippen LogP contribution >= 0.6 is 0 Å². The maximum atomic E-state index is 13.6. The van der Waals surface area contributed by atoms with E-state index in [0.717, 1.165) is 16.0 Å². The molecule has 0 aromatic heterocycles. The van der Waals surface area contributed by atoms with Crippen molar-refractivity contribution in [1.29, 1.82) is 0 Å². The van der Waals surface area contributed by atoms with Crippen LogP contribution in [-0.4, -0.2) is 41.7 Å². The van der Waals surface area contributed by atoms with Crippen LogP contribution in [0.15, 0.2) is 84.9 Å². The molecule has 1 saturated heterocycles.